The Bertz CT molecular complexity index is 2110. The fraction of sp³-hybridized carbons (Fsp3) is 0.389. The third-order valence-corrected chi connectivity index (χ3v) is 8.88. The first-order chi connectivity index (χ1) is 26.4. The van der Waals surface area contributed by atoms with Crippen molar-refractivity contribution < 1.29 is 57.4 Å². The van der Waals surface area contributed by atoms with E-state index in [1.54, 1.807) is 30.3 Å². The number of nitrogens with zero attached hydrogens (tertiary/aromatic N) is 3. The summed E-state index contributed by atoms with van der Waals surface area (Å²) in [6.07, 6.45) is -1.87. The Balaban J connectivity index is 0.845. The molecule has 1 saturated heterocycles. The number of fused-ring (bicyclic) bond motifs is 2. The number of rotatable bonds is 16. The normalized spacial score (nSPS) is 17.3. The van der Waals surface area contributed by atoms with Gasteiger partial charge in [0.25, 0.3) is 11.8 Å². The molecule has 0 radical (unpaired) electrons. The summed E-state index contributed by atoms with van der Waals surface area (Å²) in [5, 5.41) is 50.5. The first kappa shape index (κ1) is 38.9. The van der Waals surface area contributed by atoms with Crippen LogP contribution in [0.15, 0.2) is 54.7 Å². The minimum atomic E-state index is -4.81. The summed E-state index contributed by atoms with van der Waals surface area (Å²) in [4.78, 5) is 36.2. The van der Waals surface area contributed by atoms with Crippen molar-refractivity contribution in [1.82, 2.24) is 35.5 Å². The Morgan fingerprint density at radius 1 is 0.891 bits per heavy atom. The number of aromatic nitrogens is 4. The van der Waals surface area contributed by atoms with E-state index in [2.05, 4.69) is 35.6 Å². The SMILES string of the molecule is O=C(COc1ccc(-c2nc3ccc(OC(F)(F)F)cc3[nH]2)nc1)NCCCCCCNC(=O)COc1cccc2c(O)n(C3CCC(O)NC3O)c(O)c12. The van der Waals surface area contributed by atoms with Crippen LogP contribution in [0.2, 0.25) is 0 Å². The molecular weight excluding hydrogens is 731 g/mol. The summed E-state index contributed by atoms with van der Waals surface area (Å²) in [5.41, 5.74) is 1.19. The molecule has 19 heteroatoms. The van der Waals surface area contributed by atoms with Gasteiger partial charge in [-0.3, -0.25) is 19.5 Å². The zero-order valence-corrected chi connectivity index (χ0v) is 29.3. The molecule has 5 aromatic rings. The second-order valence-corrected chi connectivity index (χ2v) is 12.9. The molecule has 294 valence electrons. The number of halogens is 3. The number of alkyl halides is 3. The standard InChI is InChI=1S/C36H40F3N7O9/c37-36(38,39)55-20-8-10-23-25(16-20)44-32(43-23)24-11-9-21(17-42-24)53-18-29(48)40-14-3-1-2-4-15-41-30(49)19-54-27-7-5-6-22-31(27)35(52)46(34(22)51)26-12-13-28(47)45-33(26)50/h5-11,16-17,26,28,33,45,47,50-52H,1-4,12-15,18-19H2,(H,40,48)(H,41,49)(H,43,44). The van der Waals surface area contributed by atoms with Gasteiger partial charge < -0.3 is 50.3 Å². The molecule has 55 heavy (non-hydrogen) atoms. The lowest BCUT2D eigenvalue weighted by Crippen LogP contribution is -2.47. The Hall–Kier alpha value is -5.79. The van der Waals surface area contributed by atoms with Crippen molar-refractivity contribution in [2.45, 2.75) is 63.4 Å². The molecule has 8 N–H and O–H groups in total. The van der Waals surface area contributed by atoms with Crippen LogP contribution in [0, 0.1) is 0 Å². The van der Waals surface area contributed by atoms with Gasteiger partial charge in [0.15, 0.2) is 19.0 Å². The number of carbonyl (C=O) groups is 2. The average molecular weight is 772 g/mol. The van der Waals surface area contributed by atoms with Gasteiger partial charge in [-0.15, -0.1) is 13.2 Å². The lowest BCUT2D eigenvalue weighted by atomic mass is 10.0. The number of benzene rings is 2. The van der Waals surface area contributed by atoms with E-state index >= 15 is 0 Å². The van der Waals surface area contributed by atoms with Crippen molar-refractivity contribution >= 4 is 33.6 Å². The Morgan fingerprint density at radius 2 is 1.60 bits per heavy atom. The summed E-state index contributed by atoms with van der Waals surface area (Å²) in [6, 6.07) is 11.0. The number of hydrogen-bond donors (Lipinski definition) is 8. The number of amides is 2. The van der Waals surface area contributed by atoms with Crippen molar-refractivity contribution in [3.05, 3.63) is 54.7 Å². The van der Waals surface area contributed by atoms with Crippen LogP contribution in [0.1, 0.15) is 44.6 Å². The summed E-state index contributed by atoms with van der Waals surface area (Å²) in [7, 11) is 0. The summed E-state index contributed by atoms with van der Waals surface area (Å²) in [5.74, 6) is -0.801. The van der Waals surface area contributed by atoms with Crippen LogP contribution in [0.3, 0.4) is 0 Å². The first-order valence-corrected chi connectivity index (χ1v) is 17.5. The molecule has 4 heterocycles. The van der Waals surface area contributed by atoms with Crippen LogP contribution >= 0.6 is 0 Å². The fourth-order valence-corrected chi connectivity index (χ4v) is 6.25. The molecule has 0 spiro atoms. The Labute approximate surface area is 311 Å². The number of unbranched alkanes of at least 4 members (excludes halogenated alkanes) is 3. The number of aromatic amines is 1. The van der Waals surface area contributed by atoms with Gasteiger partial charge in [0.2, 0.25) is 11.8 Å². The van der Waals surface area contributed by atoms with Crippen LogP contribution in [0.25, 0.3) is 33.3 Å². The molecule has 0 aliphatic carbocycles. The van der Waals surface area contributed by atoms with Crippen molar-refractivity contribution in [2.24, 2.45) is 0 Å². The van der Waals surface area contributed by atoms with Crippen molar-refractivity contribution in [2.75, 3.05) is 26.3 Å². The third-order valence-electron chi connectivity index (χ3n) is 8.88. The highest BCUT2D eigenvalue weighted by Crippen LogP contribution is 2.45. The average Bonchev–Trinajstić information content (AvgIpc) is 3.68. The van der Waals surface area contributed by atoms with E-state index in [-0.39, 0.29) is 59.1 Å². The fourth-order valence-electron chi connectivity index (χ4n) is 6.25. The van der Waals surface area contributed by atoms with Gasteiger partial charge in [-0.2, -0.15) is 0 Å². The van der Waals surface area contributed by atoms with Crippen molar-refractivity contribution in [3.8, 4) is 40.5 Å². The zero-order chi connectivity index (χ0) is 39.1. The van der Waals surface area contributed by atoms with Gasteiger partial charge in [-0.05, 0) is 62.1 Å². The van der Waals surface area contributed by atoms with Gasteiger partial charge in [-0.25, -0.2) is 9.97 Å². The second-order valence-electron chi connectivity index (χ2n) is 12.9. The molecule has 0 saturated carbocycles. The topological polar surface area (TPSA) is 225 Å². The smallest absolute Gasteiger partial charge is 0.494 e. The number of aliphatic hydroxyl groups excluding tert-OH is 2. The van der Waals surface area contributed by atoms with Gasteiger partial charge in [0.05, 0.1) is 34.0 Å². The molecular formula is C36H40F3N7O9. The minimum absolute atomic E-state index is 0.184. The van der Waals surface area contributed by atoms with Crippen LogP contribution in [0.4, 0.5) is 13.2 Å². The lowest BCUT2D eigenvalue weighted by molar-refractivity contribution is -0.274. The molecule has 2 aromatic carbocycles. The van der Waals surface area contributed by atoms with E-state index in [9.17, 15) is 43.2 Å². The van der Waals surface area contributed by atoms with Gasteiger partial charge >= 0.3 is 6.36 Å². The third kappa shape index (κ3) is 9.85. The number of piperidine rings is 1. The summed E-state index contributed by atoms with van der Waals surface area (Å²) < 4.78 is 53.9. The maximum atomic E-state index is 12.5. The Morgan fingerprint density at radius 3 is 2.27 bits per heavy atom. The highest BCUT2D eigenvalue weighted by molar-refractivity contribution is 5.98. The Kier molecular flexibility index (Phi) is 12.1. The molecule has 2 amide bonds. The lowest BCUT2D eigenvalue weighted by Gasteiger charge is -2.33. The number of ether oxygens (including phenoxy) is 3. The molecule has 0 bridgehead atoms. The van der Waals surface area contributed by atoms with Gasteiger partial charge in [-0.1, -0.05) is 18.9 Å². The number of aromatic hydroxyl groups is 2. The molecule has 1 fully saturated rings. The minimum Gasteiger partial charge on any atom is -0.494 e. The number of H-pyrrole nitrogens is 1. The van der Waals surface area contributed by atoms with Crippen LogP contribution in [-0.4, -0.2) is 96.9 Å². The maximum absolute atomic E-state index is 12.5. The number of pyridine rings is 1. The van der Waals surface area contributed by atoms with Gasteiger partial charge in [0, 0.05) is 19.2 Å². The van der Waals surface area contributed by atoms with Crippen molar-refractivity contribution in [1.29, 1.82) is 0 Å². The first-order valence-electron chi connectivity index (χ1n) is 17.5. The number of hydrogen-bond acceptors (Lipinski definition) is 12. The monoisotopic (exact) mass is 771 g/mol. The van der Waals surface area contributed by atoms with E-state index in [0.29, 0.717) is 60.7 Å². The molecule has 3 atom stereocenters. The van der Waals surface area contributed by atoms with Gasteiger partial charge in [0.1, 0.15) is 35.4 Å². The molecule has 3 aromatic heterocycles. The summed E-state index contributed by atoms with van der Waals surface area (Å²) >= 11 is 0. The highest BCUT2D eigenvalue weighted by Gasteiger charge is 2.34. The molecule has 16 nitrogen and oxygen atoms in total. The predicted octanol–water partition coefficient (Wildman–Crippen LogP) is 3.70. The number of nitrogens with one attached hydrogen (secondary N) is 4. The number of carbonyl (C=O) groups excluding carboxylic acids is 2. The van der Waals surface area contributed by atoms with E-state index < -0.39 is 24.9 Å². The largest absolute Gasteiger partial charge is 0.573 e. The molecule has 1 aliphatic heterocycles. The zero-order valence-electron chi connectivity index (χ0n) is 29.3. The predicted molar refractivity (Wildman–Crippen MR) is 190 cm³/mol. The molecule has 1 aliphatic rings. The van der Waals surface area contributed by atoms with Crippen LogP contribution in [-0.2, 0) is 9.59 Å². The summed E-state index contributed by atoms with van der Waals surface area (Å²) in [6.45, 7) is 0.298. The molecule has 3 unspecified atom stereocenters. The molecule has 6 rings (SSSR count). The van der Waals surface area contributed by atoms with E-state index in [1.165, 1.54) is 29.0 Å². The highest BCUT2D eigenvalue weighted by atomic mass is 19.4. The number of imidazole rings is 1. The van der Waals surface area contributed by atoms with Crippen LogP contribution < -0.4 is 30.2 Å². The van der Waals surface area contributed by atoms with E-state index in [1.807, 2.05) is 0 Å². The van der Waals surface area contributed by atoms with Crippen molar-refractivity contribution in [3.63, 3.8) is 0 Å². The van der Waals surface area contributed by atoms with E-state index in [4.69, 9.17) is 9.47 Å². The quantitative estimate of drug-likeness (QED) is 0.0673. The number of aliphatic hydroxyl groups is 2. The van der Waals surface area contributed by atoms with E-state index in [0.717, 1.165) is 19.3 Å². The maximum Gasteiger partial charge on any atom is 0.573 e. The second kappa shape index (κ2) is 17.1. The van der Waals surface area contributed by atoms with Crippen LogP contribution in [0.5, 0.6) is 29.0 Å².